The molecule has 0 radical (unpaired) electrons. The maximum atomic E-state index is 11.9. The first-order valence-corrected chi connectivity index (χ1v) is 10.5. The molecule has 29 heavy (non-hydrogen) atoms. The minimum absolute atomic E-state index is 0.0656. The summed E-state index contributed by atoms with van der Waals surface area (Å²) in [6, 6.07) is 7.02. The van der Waals surface area contributed by atoms with Gasteiger partial charge in [0.05, 0.1) is 11.3 Å². The van der Waals surface area contributed by atoms with Crippen molar-refractivity contribution in [2.45, 2.75) is 38.8 Å². The van der Waals surface area contributed by atoms with Gasteiger partial charge in [-0.2, -0.15) is 0 Å². The van der Waals surface area contributed by atoms with E-state index in [0.717, 1.165) is 56.4 Å². The zero-order valence-electron chi connectivity index (χ0n) is 17.0. The van der Waals surface area contributed by atoms with Gasteiger partial charge in [0.15, 0.2) is 0 Å². The highest BCUT2D eigenvalue weighted by Crippen LogP contribution is 2.33. The normalized spacial score (nSPS) is 22.5. The van der Waals surface area contributed by atoms with Crippen LogP contribution in [-0.4, -0.2) is 59.6 Å². The van der Waals surface area contributed by atoms with Crippen molar-refractivity contribution in [3.63, 3.8) is 0 Å². The Morgan fingerprint density at radius 1 is 1.24 bits per heavy atom. The van der Waals surface area contributed by atoms with Crippen LogP contribution >= 0.6 is 0 Å². The highest BCUT2D eigenvalue weighted by atomic mass is 16.5. The number of rotatable bonds is 3. The Morgan fingerprint density at radius 3 is 2.90 bits per heavy atom. The molecule has 5 rings (SSSR count). The number of nitrogens with zero attached hydrogens (tertiary/aromatic N) is 4. The molecule has 0 aliphatic carbocycles. The van der Waals surface area contributed by atoms with Gasteiger partial charge in [0.1, 0.15) is 11.9 Å². The summed E-state index contributed by atoms with van der Waals surface area (Å²) in [6.07, 6.45) is 3.73. The second-order valence-corrected chi connectivity index (χ2v) is 8.24. The van der Waals surface area contributed by atoms with Gasteiger partial charge in [-0.15, -0.1) is 0 Å². The Hall–Kier alpha value is -2.67. The number of anilines is 1. The molecule has 1 N–H and O–H groups in total. The van der Waals surface area contributed by atoms with Gasteiger partial charge in [-0.05, 0) is 31.0 Å². The predicted molar refractivity (Wildman–Crippen MR) is 111 cm³/mol. The molecule has 4 heterocycles. The first-order chi connectivity index (χ1) is 14.1. The summed E-state index contributed by atoms with van der Waals surface area (Å²) in [6.45, 7) is 8.71. The highest BCUT2D eigenvalue weighted by molar-refractivity contribution is 5.96. The Balaban J connectivity index is 1.25. The molecular weight excluding hydrogens is 366 g/mol. The van der Waals surface area contributed by atoms with Crippen molar-refractivity contribution in [2.24, 2.45) is 0 Å². The zero-order valence-corrected chi connectivity index (χ0v) is 17.0. The third-order valence-corrected chi connectivity index (χ3v) is 6.30. The first kappa shape index (κ1) is 18.4. The van der Waals surface area contributed by atoms with Crippen molar-refractivity contribution in [3.05, 3.63) is 46.8 Å². The molecule has 3 aliphatic heterocycles. The second kappa shape index (κ2) is 7.30. The predicted octanol–water partition coefficient (Wildman–Crippen LogP) is 1.97. The maximum absolute atomic E-state index is 11.9. The smallest absolute Gasteiger partial charge is 0.254 e. The maximum Gasteiger partial charge on any atom is 0.254 e. The van der Waals surface area contributed by atoms with E-state index in [-0.39, 0.29) is 12.0 Å². The van der Waals surface area contributed by atoms with Gasteiger partial charge in [-0.25, -0.2) is 9.97 Å². The standard InChI is InChI=1S/C22H27N5O2/c1-14-11-17-4-3-16(12-20(17)29-14)15(2)26-7-9-27(10-8-26)22-24-13-18-19(25-22)5-6-23-21(18)28/h3-4,12-15H,5-11H2,1-2H3,(H,23,28). The van der Waals surface area contributed by atoms with Crippen molar-refractivity contribution >= 4 is 11.9 Å². The summed E-state index contributed by atoms with van der Waals surface area (Å²) in [7, 11) is 0. The van der Waals surface area contributed by atoms with E-state index in [4.69, 9.17) is 4.74 Å². The number of aromatic nitrogens is 2. The average molecular weight is 393 g/mol. The van der Waals surface area contributed by atoms with Crippen LogP contribution < -0.4 is 15.0 Å². The van der Waals surface area contributed by atoms with Crippen LogP contribution in [0.15, 0.2) is 24.4 Å². The summed E-state index contributed by atoms with van der Waals surface area (Å²) >= 11 is 0. The number of amides is 1. The van der Waals surface area contributed by atoms with Crippen LogP contribution in [0, 0.1) is 0 Å². The number of benzene rings is 1. The van der Waals surface area contributed by atoms with Gasteiger partial charge in [0.25, 0.3) is 5.91 Å². The lowest BCUT2D eigenvalue weighted by Crippen LogP contribution is -2.48. The van der Waals surface area contributed by atoms with Crippen LogP contribution in [0.25, 0.3) is 0 Å². The molecule has 2 atom stereocenters. The molecule has 1 aromatic heterocycles. The molecule has 0 spiro atoms. The number of piperazine rings is 1. The molecule has 1 amide bonds. The van der Waals surface area contributed by atoms with E-state index in [0.29, 0.717) is 18.2 Å². The zero-order chi connectivity index (χ0) is 20.0. The van der Waals surface area contributed by atoms with Crippen molar-refractivity contribution in [1.29, 1.82) is 0 Å². The van der Waals surface area contributed by atoms with Gasteiger partial charge in [-0.1, -0.05) is 12.1 Å². The highest BCUT2D eigenvalue weighted by Gasteiger charge is 2.27. The van der Waals surface area contributed by atoms with Crippen LogP contribution in [0.5, 0.6) is 5.75 Å². The molecule has 1 saturated heterocycles. The quantitative estimate of drug-likeness (QED) is 0.860. The van der Waals surface area contributed by atoms with E-state index in [2.05, 4.69) is 57.1 Å². The van der Waals surface area contributed by atoms with Crippen LogP contribution in [0.2, 0.25) is 0 Å². The third kappa shape index (κ3) is 3.44. The molecule has 3 aliphatic rings. The monoisotopic (exact) mass is 393 g/mol. The molecule has 2 aromatic rings. The van der Waals surface area contributed by atoms with E-state index in [1.165, 1.54) is 11.1 Å². The molecule has 7 nitrogen and oxygen atoms in total. The van der Waals surface area contributed by atoms with E-state index in [1.54, 1.807) is 6.20 Å². The first-order valence-electron chi connectivity index (χ1n) is 10.5. The van der Waals surface area contributed by atoms with E-state index in [9.17, 15) is 4.79 Å². The van der Waals surface area contributed by atoms with Crippen molar-refractivity contribution < 1.29 is 9.53 Å². The fourth-order valence-electron chi connectivity index (χ4n) is 4.53. The summed E-state index contributed by atoms with van der Waals surface area (Å²) < 4.78 is 5.94. The number of hydrogen-bond donors (Lipinski definition) is 1. The lowest BCUT2D eigenvalue weighted by molar-refractivity contribution is 0.0944. The van der Waals surface area contributed by atoms with Crippen LogP contribution in [-0.2, 0) is 12.8 Å². The van der Waals surface area contributed by atoms with Gasteiger partial charge in [0, 0.05) is 57.8 Å². The van der Waals surface area contributed by atoms with Crippen LogP contribution in [0.4, 0.5) is 5.95 Å². The van der Waals surface area contributed by atoms with Gasteiger partial charge in [-0.3, -0.25) is 9.69 Å². The van der Waals surface area contributed by atoms with Crippen LogP contribution in [0.1, 0.15) is 47.1 Å². The number of nitrogens with one attached hydrogen (secondary N) is 1. The van der Waals surface area contributed by atoms with Gasteiger partial charge in [0.2, 0.25) is 5.95 Å². The molecular formula is C22H27N5O2. The second-order valence-electron chi connectivity index (χ2n) is 8.24. The molecule has 0 bridgehead atoms. The molecule has 0 saturated carbocycles. The molecule has 7 heteroatoms. The van der Waals surface area contributed by atoms with Crippen LogP contribution in [0.3, 0.4) is 0 Å². The number of carbonyl (C=O) groups excluding carboxylic acids is 1. The van der Waals surface area contributed by atoms with Crippen molar-refractivity contribution in [3.8, 4) is 5.75 Å². The summed E-state index contributed by atoms with van der Waals surface area (Å²) in [5.74, 6) is 1.72. The van der Waals surface area contributed by atoms with Gasteiger partial charge >= 0.3 is 0 Å². The fraction of sp³-hybridized carbons (Fsp3) is 0.500. The largest absolute Gasteiger partial charge is 0.490 e. The Kier molecular flexibility index (Phi) is 4.62. The Bertz CT molecular complexity index is 939. The summed E-state index contributed by atoms with van der Waals surface area (Å²) in [4.78, 5) is 25.8. The number of carbonyl (C=O) groups is 1. The third-order valence-electron chi connectivity index (χ3n) is 6.30. The van der Waals surface area contributed by atoms with Gasteiger partial charge < -0.3 is 15.0 Å². The summed E-state index contributed by atoms with van der Waals surface area (Å²) in [5, 5.41) is 2.84. The van der Waals surface area contributed by atoms with Crippen molar-refractivity contribution in [1.82, 2.24) is 20.2 Å². The molecule has 1 aromatic carbocycles. The fourth-order valence-corrected chi connectivity index (χ4v) is 4.53. The minimum atomic E-state index is -0.0656. The van der Waals surface area contributed by atoms with E-state index < -0.39 is 0 Å². The molecule has 152 valence electrons. The SMILES string of the molecule is CC1Cc2ccc(C(C)N3CCN(c4ncc5c(n4)CCNC5=O)CC3)cc2O1. The average Bonchev–Trinajstić information content (AvgIpc) is 3.12. The number of ether oxygens (including phenoxy) is 1. The van der Waals surface area contributed by atoms with E-state index in [1.807, 2.05) is 0 Å². The Morgan fingerprint density at radius 2 is 2.07 bits per heavy atom. The lowest BCUT2D eigenvalue weighted by Gasteiger charge is -2.38. The Labute approximate surface area is 171 Å². The number of fused-ring (bicyclic) bond motifs is 2. The molecule has 1 fully saturated rings. The van der Waals surface area contributed by atoms with Crippen molar-refractivity contribution in [2.75, 3.05) is 37.6 Å². The molecule has 2 unspecified atom stereocenters. The number of hydrogen-bond acceptors (Lipinski definition) is 6. The van der Waals surface area contributed by atoms with E-state index >= 15 is 0 Å². The lowest BCUT2D eigenvalue weighted by atomic mass is 10.0. The minimum Gasteiger partial charge on any atom is -0.490 e. The summed E-state index contributed by atoms with van der Waals surface area (Å²) in [5.41, 5.74) is 4.10. The topological polar surface area (TPSA) is 70.6 Å².